The highest BCUT2D eigenvalue weighted by Crippen LogP contribution is 2.31. The predicted molar refractivity (Wildman–Crippen MR) is 76.2 cm³/mol. The highest BCUT2D eigenvalue weighted by Gasteiger charge is 2.15. The molecule has 2 aromatic carbocycles. The highest BCUT2D eigenvalue weighted by molar-refractivity contribution is 6.35. The first kappa shape index (κ1) is 12.0. The van der Waals surface area contributed by atoms with E-state index in [-0.39, 0.29) is 0 Å². The van der Waals surface area contributed by atoms with Gasteiger partial charge in [-0.2, -0.15) is 5.26 Å². The second-order valence-corrected chi connectivity index (χ2v) is 4.83. The molecule has 0 aliphatic carbocycles. The summed E-state index contributed by atoms with van der Waals surface area (Å²) in [4.78, 5) is 4.45. The zero-order valence-electron chi connectivity index (χ0n) is 9.64. The lowest BCUT2D eigenvalue weighted by atomic mass is 10.2. The van der Waals surface area contributed by atoms with E-state index in [4.69, 9.17) is 23.2 Å². The molecule has 0 amide bonds. The van der Waals surface area contributed by atoms with Gasteiger partial charge >= 0.3 is 0 Å². The Bertz CT molecular complexity index is 815. The number of nitrogens with zero attached hydrogens (tertiary/aromatic N) is 3. The van der Waals surface area contributed by atoms with Gasteiger partial charge in [0.05, 0.1) is 16.1 Å². The van der Waals surface area contributed by atoms with Crippen LogP contribution in [0.1, 0.15) is 0 Å². The van der Waals surface area contributed by atoms with Crippen LogP contribution in [0.25, 0.3) is 22.4 Å². The Balaban J connectivity index is 2.37. The van der Waals surface area contributed by atoms with E-state index in [9.17, 15) is 5.26 Å². The summed E-state index contributed by atoms with van der Waals surface area (Å²) in [5, 5.41) is 10.4. The fourth-order valence-corrected chi connectivity index (χ4v) is 2.35. The third kappa shape index (κ3) is 1.95. The van der Waals surface area contributed by atoms with Crippen molar-refractivity contribution < 1.29 is 0 Å². The number of fused-ring (bicyclic) bond motifs is 1. The fourth-order valence-electron chi connectivity index (χ4n) is 1.98. The lowest BCUT2D eigenvalue weighted by molar-refractivity contribution is 1.12. The molecule has 0 saturated carbocycles. The van der Waals surface area contributed by atoms with Gasteiger partial charge < -0.3 is 0 Å². The van der Waals surface area contributed by atoms with Gasteiger partial charge in [0.15, 0.2) is 12.0 Å². The van der Waals surface area contributed by atoms with Gasteiger partial charge in [0.1, 0.15) is 0 Å². The van der Waals surface area contributed by atoms with Gasteiger partial charge in [-0.15, -0.1) is 0 Å². The Morgan fingerprint density at radius 1 is 1.11 bits per heavy atom. The van der Waals surface area contributed by atoms with Crippen molar-refractivity contribution in [2.24, 2.45) is 0 Å². The van der Waals surface area contributed by atoms with Crippen LogP contribution < -0.4 is 0 Å². The average Bonchev–Trinajstić information content (AvgIpc) is 2.79. The van der Waals surface area contributed by atoms with E-state index in [1.165, 1.54) is 4.57 Å². The van der Waals surface area contributed by atoms with Crippen molar-refractivity contribution in [1.82, 2.24) is 9.55 Å². The molecule has 0 radical (unpaired) electrons. The van der Waals surface area contributed by atoms with Crippen molar-refractivity contribution >= 4 is 34.2 Å². The van der Waals surface area contributed by atoms with E-state index in [2.05, 4.69) is 11.2 Å². The minimum Gasteiger partial charge on any atom is -0.228 e. The minimum atomic E-state index is 0.496. The number of hydrogen-bond donors (Lipinski definition) is 0. The highest BCUT2D eigenvalue weighted by atomic mass is 35.5. The van der Waals surface area contributed by atoms with Gasteiger partial charge in [-0.25, -0.2) is 9.55 Å². The molecule has 3 rings (SSSR count). The fraction of sp³-hybridized carbons (Fsp3) is 0. The predicted octanol–water partition coefficient (Wildman–Crippen LogP) is 4.34. The molecule has 0 atom stereocenters. The lowest BCUT2D eigenvalue weighted by Gasteiger charge is -2.03. The van der Waals surface area contributed by atoms with E-state index >= 15 is 0 Å². The summed E-state index contributed by atoms with van der Waals surface area (Å²) in [5.74, 6) is 0.496. The molecular formula is C14H7Cl2N3. The molecule has 3 aromatic rings. The minimum absolute atomic E-state index is 0.496. The maximum atomic E-state index is 9.32. The van der Waals surface area contributed by atoms with E-state index in [0.29, 0.717) is 21.4 Å². The van der Waals surface area contributed by atoms with Gasteiger partial charge in [-0.3, -0.25) is 0 Å². The number of imidazole rings is 1. The van der Waals surface area contributed by atoms with Crippen LogP contribution in [0.3, 0.4) is 0 Å². The summed E-state index contributed by atoms with van der Waals surface area (Å²) in [6.07, 6.45) is 2.12. The van der Waals surface area contributed by atoms with Crippen LogP contribution in [0.5, 0.6) is 0 Å². The third-order valence-electron chi connectivity index (χ3n) is 2.83. The molecule has 19 heavy (non-hydrogen) atoms. The number of rotatable bonds is 1. The van der Waals surface area contributed by atoms with Crippen LogP contribution in [0.4, 0.5) is 0 Å². The maximum Gasteiger partial charge on any atom is 0.190 e. The second-order valence-electron chi connectivity index (χ2n) is 3.98. The largest absolute Gasteiger partial charge is 0.228 e. The van der Waals surface area contributed by atoms with Crippen LogP contribution in [-0.4, -0.2) is 9.55 Å². The first-order valence-electron chi connectivity index (χ1n) is 5.53. The zero-order chi connectivity index (χ0) is 13.4. The molecule has 3 nitrogen and oxygen atoms in total. The van der Waals surface area contributed by atoms with Crippen LogP contribution in [0, 0.1) is 11.5 Å². The van der Waals surface area contributed by atoms with E-state index in [0.717, 1.165) is 11.0 Å². The zero-order valence-corrected chi connectivity index (χ0v) is 11.2. The molecule has 1 aromatic heterocycles. The monoisotopic (exact) mass is 287 g/mol. The number of aromatic nitrogens is 2. The molecule has 92 valence electrons. The van der Waals surface area contributed by atoms with Crippen LogP contribution >= 0.6 is 23.2 Å². The summed E-state index contributed by atoms with van der Waals surface area (Å²) in [6.45, 7) is 0. The van der Waals surface area contributed by atoms with E-state index in [1.54, 1.807) is 18.2 Å². The number of nitriles is 1. The lowest BCUT2D eigenvalue weighted by Crippen LogP contribution is -1.93. The average molecular weight is 288 g/mol. The Morgan fingerprint density at radius 3 is 2.68 bits per heavy atom. The third-order valence-corrected chi connectivity index (χ3v) is 3.39. The summed E-state index contributed by atoms with van der Waals surface area (Å²) in [6, 6.07) is 12.5. The van der Waals surface area contributed by atoms with Crippen molar-refractivity contribution in [3.8, 4) is 17.6 Å². The van der Waals surface area contributed by atoms with Crippen molar-refractivity contribution in [2.75, 3.05) is 0 Å². The maximum absolute atomic E-state index is 9.32. The second kappa shape index (κ2) is 4.58. The quantitative estimate of drug-likeness (QED) is 0.668. The van der Waals surface area contributed by atoms with Crippen LogP contribution in [0.15, 0.2) is 42.5 Å². The number of para-hydroxylation sites is 2. The topological polar surface area (TPSA) is 41.6 Å². The number of hydrogen-bond acceptors (Lipinski definition) is 2. The van der Waals surface area contributed by atoms with Gasteiger partial charge in [-0.05, 0) is 30.3 Å². The van der Waals surface area contributed by atoms with E-state index in [1.807, 2.05) is 24.3 Å². The van der Waals surface area contributed by atoms with Gasteiger partial charge in [0.25, 0.3) is 0 Å². The summed E-state index contributed by atoms with van der Waals surface area (Å²) in [7, 11) is 0. The number of halogens is 2. The SMILES string of the molecule is N#Cn1c(-c2cc(Cl)ccc2Cl)nc2ccccc21. The molecule has 0 fully saturated rings. The van der Waals surface area contributed by atoms with Gasteiger partial charge in [0, 0.05) is 10.6 Å². The molecule has 0 aliphatic heterocycles. The molecule has 5 heteroatoms. The van der Waals surface area contributed by atoms with Gasteiger partial charge in [0.2, 0.25) is 0 Å². The van der Waals surface area contributed by atoms with E-state index < -0.39 is 0 Å². The summed E-state index contributed by atoms with van der Waals surface area (Å²) in [5.41, 5.74) is 2.14. The van der Waals surface area contributed by atoms with Gasteiger partial charge in [-0.1, -0.05) is 35.3 Å². The molecule has 0 saturated heterocycles. The summed E-state index contributed by atoms with van der Waals surface area (Å²) < 4.78 is 1.45. The molecule has 0 bridgehead atoms. The van der Waals surface area contributed by atoms with Crippen molar-refractivity contribution in [1.29, 1.82) is 5.26 Å². The molecule has 0 N–H and O–H groups in total. The Labute approximate surface area is 119 Å². The first-order chi connectivity index (χ1) is 9.20. The van der Waals surface area contributed by atoms with Crippen molar-refractivity contribution in [3.05, 3.63) is 52.5 Å². The standard InChI is InChI=1S/C14H7Cl2N3/c15-9-5-6-11(16)10(7-9)14-18-12-3-1-2-4-13(12)19(14)8-17/h1-7H. The van der Waals surface area contributed by atoms with Crippen molar-refractivity contribution in [3.63, 3.8) is 0 Å². The Kier molecular flexibility index (Phi) is 2.90. The first-order valence-corrected chi connectivity index (χ1v) is 6.29. The smallest absolute Gasteiger partial charge is 0.190 e. The molecule has 0 spiro atoms. The molecule has 0 aliphatic rings. The van der Waals surface area contributed by atoms with Crippen molar-refractivity contribution in [2.45, 2.75) is 0 Å². The van der Waals surface area contributed by atoms with Crippen LogP contribution in [-0.2, 0) is 0 Å². The molecule has 1 heterocycles. The normalized spacial score (nSPS) is 10.6. The summed E-state index contributed by atoms with van der Waals surface area (Å²) >= 11 is 12.1. The Hall–Kier alpha value is -2.02. The Morgan fingerprint density at radius 2 is 1.89 bits per heavy atom. The number of benzene rings is 2. The molecule has 0 unspecified atom stereocenters. The van der Waals surface area contributed by atoms with Crippen LogP contribution in [0.2, 0.25) is 10.0 Å². The molecular weight excluding hydrogens is 281 g/mol.